The van der Waals surface area contributed by atoms with Gasteiger partial charge in [-0.3, -0.25) is 5.10 Å². The molecule has 1 aliphatic carbocycles. The van der Waals surface area contributed by atoms with E-state index in [-0.39, 0.29) is 23.6 Å². The Morgan fingerprint density at radius 2 is 2.00 bits per heavy atom. The van der Waals surface area contributed by atoms with Crippen LogP contribution in [-0.4, -0.2) is 93.8 Å². The SMILES string of the molecule is CCc1c(F)ccc2cc(O)cc(N3CCc4c(nc(OCC5(CN(C)C)CC5)nc4N4CCOC(c5n[nH]c(CO)n5)C4)C3)c12. The van der Waals surface area contributed by atoms with Crippen LogP contribution in [0.5, 0.6) is 11.8 Å². The maximum Gasteiger partial charge on any atom is 0.318 e. The van der Waals surface area contributed by atoms with E-state index in [2.05, 4.69) is 44.0 Å². The number of anilines is 2. The fourth-order valence-electron chi connectivity index (χ4n) is 6.93. The number of fused-ring (bicyclic) bond motifs is 2. The number of halogens is 1. The zero-order chi connectivity index (χ0) is 32.0. The predicted octanol–water partition coefficient (Wildman–Crippen LogP) is 3.51. The number of benzene rings is 2. The number of aromatic hydroxyl groups is 1. The highest BCUT2D eigenvalue weighted by Gasteiger charge is 2.44. The second-order valence-electron chi connectivity index (χ2n) is 13.0. The molecule has 2 fully saturated rings. The molecule has 4 aromatic rings. The molecule has 3 N–H and O–H groups in total. The average molecular weight is 633 g/mol. The van der Waals surface area contributed by atoms with E-state index in [4.69, 9.17) is 19.4 Å². The number of aliphatic hydroxyl groups is 1. The lowest BCUT2D eigenvalue weighted by atomic mass is 9.97. The summed E-state index contributed by atoms with van der Waals surface area (Å²) in [4.78, 5) is 20.9. The standard InChI is InChI=1S/C33H41FN8O4/c1-4-22-24(34)6-5-20-13-21(44)14-26(29(20)22)41-10-7-23-25(15-41)35-32(46-19-33(8-9-33)18-40(2)3)37-31(23)42-11-12-45-27(16-42)30-36-28(17-43)38-39-30/h5-6,13-14,27,43-44H,4,7-12,15-19H2,1-3H3,(H,36,38,39). The Balaban J connectivity index is 1.24. The predicted molar refractivity (Wildman–Crippen MR) is 171 cm³/mol. The monoisotopic (exact) mass is 632 g/mol. The molecule has 1 atom stereocenters. The fourth-order valence-corrected chi connectivity index (χ4v) is 6.93. The van der Waals surface area contributed by atoms with Crippen LogP contribution in [0.25, 0.3) is 10.8 Å². The van der Waals surface area contributed by atoms with E-state index in [1.165, 1.54) is 6.07 Å². The van der Waals surface area contributed by atoms with Crippen LogP contribution in [-0.2, 0) is 30.7 Å². The number of hydrogen-bond donors (Lipinski definition) is 3. The highest BCUT2D eigenvalue weighted by molar-refractivity contribution is 5.98. The summed E-state index contributed by atoms with van der Waals surface area (Å²) in [5.74, 6) is 1.59. The van der Waals surface area contributed by atoms with E-state index >= 15 is 0 Å². The van der Waals surface area contributed by atoms with E-state index in [9.17, 15) is 14.6 Å². The van der Waals surface area contributed by atoms with Crippen molar-refractivity contribution < 1.29 is 24.1 Å². The number of hydrogen-bond acceptors (Lipinski definition) is 11. The number of rotatable bonds is 10. The van der Waals surface area contributed by atoms with Gasteiger partial charge in [-0.2, -0.15) is 15.1 Å². The number of aromatic nitrogens is 5. The minimum atomic E-state index is -0.392. The summed E-state index contributed by atoms with van der Waals surface area (Å²) < 4.78 is 27.4. The summed E-state index contributed by atoms with van der Waals surface area (Å²) in [5, 5.41) is 28.8. The lowest BCUT2D eigenvalue weighted by molar-refractivity contribution is 0.0337. The average Bonchev–Trinajstić information content (AvgIpc) is 3.63. The Labute approximate surface area is 267 Å². The van der Waals surface area contributed by atoms with Crippen molar-refractivity contribution in [3.8, 4) is 11.8 Å². The number of aryl methyl sites for hydroxylation is 1. The number of morpholine rings is 1. The summed E-state index contributed by atoms with van der Waals surface area (Å²) >= 11 is 0. The van der Waals surface area contributed by atoms with Gasteiger partial charge in [0.2, 0.25) is 0 Å². The van der Waals surface area contributed by atoms with Gasteiger partial charge < -0.3 is 34.4 Å². The van der Waals surface area contributed by atoms with Gasteiger partial charge >= 0.3 is 6.01 Å². The highest BCUT2D eigenvalue weighted by Crippen LogP contribution is 2.46. The van der Waals surface area contributed by atoms with Gasteiger partial charge in [0, 0.05) is 47.8 Å². The molecule has 1 saturated carbocycles. The van der Waals surface area contributed by atoms with Crippen molar-refractivity contribution >= 4 is 22.3 Å². The van der Waals surface area contributed by atoms with Crippen LogP contribution in [0.2, 0.25) is 0 Å². The lowest BCUT2D eigenvalue weighted by Gasteiger charge is -2.37. The van der Waals surface area contributed by atoms with Crippen molar-refractivity contribution in [1.29, 1.82) is 0 Å². The largest absolute Gasteiger partial charge is 0.508 e. The maximum atomic E-state index is 15.0. The molecule has 3 aliphatic rings. The number of phenols is 1. The van der Waals surface area contributed by atoms with Gasteiger partial charge in [-0.1, -0.05) is 13.0 Å². The first-order valence-electron chi connectivity index (χ1n) is 16.0. The summed E-state index contributed by atoms with van der Waals surface area (Å²) in [6.45, 7) is 5.87. The van der Waals surface area contributed by atoms with Crippen LogP contribution in [0.4, 0.5) is 15.9 Å². The van der Waals surface area contributed by atoms with Gasteiger partial charge in [-0.05, 0) is 62.9 Å². The molecule has 0 spiro atoms. The van der Waals surface area contributed by atoms with Crippen LogP contribution in [0, 0.1) is 11.2 Å². The van der Waals surface area contributed by atoms with Crippen LogP contribution >= 0.6 is 0 Å². The number of nitrogens with zero attached hydrogens (tertiary/aromatic N) is 7. The zero-order valence-electron chi connectivity index (χ0n) is 26.6. The van der Waals surface area contributed by atoms with E-state index < -0.39 is 6.10 Å². The summed E-state index contributed by atoms with van der Waals surface area (Å²) in [6.07, 6.45) is 3.01. The van der Waals surface area contributed by atoms with Crippen LogP contribution < -0.4 is 14.5 Å². The quantitative estimate of drug-likeness (QED) is 0.237. The third kappa shape index (κ3) is 5.94. The molecule has 4 heterocycles. The Hall–Kier alpha value is -4.07. The molecule has 0 radical (unpaired) electrons. The van der Waals surface area contributed by atoms with E-state index in [1.54, 1.807) is 18.2 Å². The van der Waals surface area contributed by atoms with Gasteiger partial charge in [0.1, 0.15) is 35.9 Å². The van der Waals surface area contributed by atoms with Gasteiger partial charge in [0.15, 0.2) is 5.82 Å². The number of ether oxygens (including phenoxy) is 2. The third-order valence-corrected chi connectivity index (χ3v) is 9.32. The van der Waals surface area contributed by atoms with Gasteiger partial charge in [-0.25, -0.2) is 9.37 Å². The molecule has 13 heteroatoms. The first kappa shape index (κ1) is 30.6. The van der Waals surface area contributed by atoms with Gasteiger partial charge in [0.25, 0.3) is 0 Å². The lowest BCUT2D eigenvalue weighted by Crippen LogP contribution is -2.41. The molecular weight excluding hydrogens is 591 g/mol. The molecule has 46 heavy (non-hydrogen) atoms. The molecule has 12 nitrogen and oxygen atoms in total. The molecule has 2 aromatic carbocycles. The number of aliphatic hydroxyl groups excluding tert-OH is 1. The molecule has 2 aliphatic heterocycles. The molecule has 0 amide bonds. The zero-order valence-corrected chi connectivity index (χ0v) is 26.6. The smallest absolute Gasteiger partial charge is 0.318 e. The Kier molecular flexibility index (Phi) is 8.16. The molecular formula is C33H41FN8O4. The van der Waals surface area contributed by atoms with Gasteiger partial charge in [0.05, 0.1) is 32.0 Å². The number of aromatic amines is 1. The molecule has 1 saturated heterocycles. The van der Waals surface area contributed by atoms with Crippen molar-refractivity contribution in [3.05, 3.63) is 58.6 Å². The summed E-state index contributed by atoms with van der Waals surface area (Å²) in [7, 11) is 4.16. The van der Waals surface area contributed by atoms with Crippen molar-refractivity contribution in [2.45, 2.75) is 51.9 Å². The normalized spacial score (nSPS) is 19.1. The molecule has 0 bridgehead atoms. The second kappa shape index (κ2) is 12.3. The topological polar surface area (TPSA) is 136 Å². The minimum absolute atomic E-state index is 0.107. The Morgan fingerprint density at radius 3 is 2.74 bits per heavy atom. The highest BCUT2D eigenvalue weighted by atomic mass is 19.1. The second-order valence-corrected chi connectivity index (χ2v) is 13.0. The number of phenolic OH excluding ortho intramolecular Hbond substituents is 1. The Bertz CT molecular complexity index is 1740. The minimum Gasteiger partial charge on any atom is -0.508 e. The number of nitrogens with one attached hydrogen (secondary N) is 1. The van der Waals surface area contributed by atoms with Crippen molar-refractivity contribution in [2.75, 3.05) is 63.3 Å². The van der Waals surface area contributed by atoms with E-state index in [0.29, 0.717) is 75.5 Å². The number of H-pyrrole nitrogens is 1. The first-order chi connectivity index (χ1) is 22.3. The van der Waals surface area contributed by atoms with Crippen molar-refractivity contribution in [1.82, 2.24) is 30.0 Å². The third-order valence-electron chi connectivity index (χ3n) is 9.32. The molecule has 1 unspecified atom stereocenters. The van der Waals surface area contributed by atoms with E-state index in [0.717, 1.165) is 52.9 Å². The molecule has 2 aromatic heterocycles. The van der Waals surface area contributed by atoms with Crippen LogP contribution in [0.15, 0.2) is 24.3 Å². The summed E-state index contributed by atoms with van der Waals surface area (Å²) in [6, 6.07) is 6.96. The van der Waals surface area contributed by atoms with E-state index in [1.807, 2.05) is 6.92 Å². The fraction of sp³-hybridized carbons (Fsp3) is 0.515. The first-order valence-corrected chi connectivity index (χ1v) is 16.0. The van der Waals surface area contributed by atoms with Gasteiger partial charge in [-0.15, -0.1) is 0 Å². The van der Waals surface area contributed by atoms with Crippen LogP contribution in [0.3, 0.4) is 0 Å². The molecule has 244 valence electrons. The van der Waals surface area contributed by atoms with Crippen molar-refractivity contribution in [2.24, 2.45) is 5.41 Å². The molecule has 7 rings (SSSR count). The Morgan fingerprint density at radius 1 is 1.15 bits per heavy atom. The van der Waals surface area contributed by atoms with Crippen molar-refractivity contribution in [3.63, 3.8) is 0 Å². The van der Waals surface area contributed by atoms with Crippen LogP contribution in [0.1, 0.15) is 54.3 Å². The summed E-state index contributed by atoms with van der Waals surface area (Å²) in [5.41, 5.74) is 3.42. The maximum absolute atomic E-state index is 15.0.